The molecule has 0 radical (unpaired) electrons. The van der Waals surface area contributed by atoms with Gasteiger partial charge in [0.1, 0.15) is 11.6 Å². The molecule has 2 N–H and O–H groups in total. The molecule has 0 aliphatic rings. The van der Waals surface area contributed by atoms with E-state index in [2.05, 4.69) is 57.8 Å². The molecule has 1 aromatic heterocycles. The van der Waals surface area contributed by atoms with E-state index in [1.165, 1.54) is 16.9 Å². The molecule has 7 heteroatoms. The van der Waals surface area contributed by atoms with E-state index in [0.717, 1.165) is 27.1 Å². The minimum Gasteiger partial charge on any atom is -0.444 e. The first-order chi connectivity index (χ1) is 13.2. The van der Waals surface area contributed by atoms with Crippen molar-refractivity contribution in [3.8, 4) is 0 Å². The molecule has 0 saturated heterocycles. The van der Waals surface area contributed by atoms with E-state index in [-0.39, 0.29) is 5.91 Å². The number of alkyl carbamates (subject to hydrolysis) is 1. The van der Waals surface area contributed by atoms with Crippen LogP contribution < -0.4 is 10.6 Å². The van der Waals surface area contributed by atoms with E-state index in [1.807, 2.05) is 12.1 Å². The Hall–Kier alpha value is -1.86. The molecule has 28 heavy (non-hydrogen) atoms. The molecule has 0 aliphatic carbocycles. The van der Waals surface area contributed by atoms with Gasteiger partial charge in [-0.2, -0.15) is 0 Å². The number of thiophene rings is 1. The summed E-state index contributed by atoms with van der Waals surface area (Å²) in [6.45, 7) is 7.97. The highest BCUT2D eigenvalue weighted by molar-refractivity contribution is 9.11. The second-order valence-electron chi connectivity index (χ2n) is 7.43. The van der Waals surface area contributed by atoms with Crippen LogP contribution in [0.5, 0.6) is 0 Å². The highest BCUT2D eigenvalue weighted by Gasteiger charge is 2.26. The summed E-state index contributed by atoms with van der Waals surface area (Å²) < 4.78 is 6.20. The van der Waals surface area contributed by atoms with Crippen molar-refractivity contribution in [2.45, 2.75) is 52.2 Å². The van der Waals surface area contributed by atoms with Crippen molar-refractivity contribution < 1.29 is 14.3 Å². The molecule has 5 nitrogen and oxygen atoms in total. The van der Waals surface area contributed by atoms with E-state index >= 15 is 0 Å². The van der Waals surface area contributed by atoms with E-state index in [4.69, 9.17) is 4.74 Å². The lowest BCUT2D eigenvalue weighted by molar-refractivity contribution is -0.123. The third-order valence-electron chi connectivity index (χ3n) is 3.95. The molecule has 1 unspecified atom stereocenters. The van der Waals surface area contributed by atoms with Gasteiger partial charge in [-0.3, -0.25) is 4.79 Å². The smallest absolute Gasteiger partial charge is 0.408 e. The van der Waals surface area contributed by atoms with Crippen LogP contribution >= 0.6 is 27.3 Å². The normalized spacial score (nSPS) is 12.3. The Labute approximate surface area is 179 Å². The molecule has 1 heterocycles. The number of hydrogen-bond donors (Lipinski definition) is 2. The third-order valence-corrected chi connectivity index (χ3v) is 5.63. The number of nitrogens with one attached hydrogen (secondary N) is 2. The number of carbonyl (C=O) groups excluding carboxylic acids is 2. The lowest BCUT2D eigenvalue weighted by atomic mass is 10.1. The highest BCUT2D eigenvalue weighted by Crippen LogP contribution is 2.28. The zero-order chi connectivity index (χ0) is 20.7. The van der Waals surface area contributed by atoms with Crippen LogP contribution in [0.2, 0.25) is 0 Å². The van der Waals surface area contributed by atoms with Gasteiger partial charge in [-0.05, 0) is 72.8 Å². The summed E-state index contributed by atoms with van der Waals surface area (Å²) in [7, 11) is 0. The van der Waals surface area contributed by atoms with Crippen LogP contribution in [0.1, 0.15) is 49.7 Å². The van der Waals surface area contributed by atoms with Crippen LogP contribution in [-0.4, -0.2) is 24.1 Å². The number of halogens is 1. The summed E-state index contributed by atoms with van der Waals surface area (Å²) in [5.74, 6) is -0.259. The molecule has 152 valence electrons. The van der Waals surface area contributed by atoms with Crippen molar-refractivity contribution in [1.29, 1.82) is 0 Å². The first-order valence-electron chi connectivity index (χ1n) is 9.28. The van der Waals surface area contributed by atoms with E-state index in [0.29, 0.717) is 6.54 Å². The SMILES string of the molecule is CCc1ccc(CCNC(=O)C(NC(=O)OC(C)(C)C)c2ccc(Br)s2)cc1. The van der Waals surface area contributed by atoms with Gasteiger partial charge in [0.2, 0.25) is 5.91 Å². The molecule has 0 bridgehead atoms. The molecular weight excluding hydrogens is 440 g/mol. The Morgan fingerprint density at radius 2 is 1.75 bits per heavy atom. The quantitative estimate of drug-likeness (QED) is 0.603. The average molecular weight is 467 g/mol. The Morgan fingerprint density at radius 1 is 1.11 bits per heavy atom. The molecule has 2 amide bonds. The first kappa shape index (κ1) is 22.4. The lowest BCUT2D eigenvalue weighted by Crippen LogP contribution is -2.42. The fourth-order valence-electron chi connectivity index (χ4n) is 2.55. The molecule has 1 aromatic carbocycles. The minimum atomic E-state index is -0.798. The van der Waals surface area contributed by atoms with E-state index in [1.54, 1.807) is 20.8 Å². The molecule has 1 atom stereocenters. The predicted octanol–water partition coefficient (Wildman–Crippen LogP) is 5.00. The Kier molecular flexibility index (Phi) is 8.07. The fraction of sp³-hybridized carbons (Fsp3) is 0.429. The second kappa shape index (κ2) is 10.1. The standard InChI is InChI=1S/C21H27BrN2O3S/c1-5-14-6-8-15(9-7-14)12-13-23-19(25)18(16-10-11-17(22)28-16)24-20(26)27-21(2,3)4/h6-11,18H,5,12-13H2,1-4H3,(H,23,25)(H,24,26). The fourth-order valence-corrected chi connectivity index (χ4v) is 4.02. The van der Waals surface area contributed by atoms with Gasteiger partial charge in [-0.1, -0.05) is 31.2 Å². The number of ether oxygens (including phenoxy) is 1. The van der Waals surface area contributed by atoms with Gasteiger partial charge in [0.05, 0.1) is 3.79 Å². The Morgan fingerprint density at radius 3 is 2.29 bits per heavy atom. The van der Waals surface area contributed by atoms with Crippen LogP contribution in [-0.2, 0) is 22.4 Å². The van der Waals surface area contributed by atoms with Crippen molar-refractivity contribution in [1.82, 2.24) is 10.6 Å². The molecule has 0 aliphatic heterocycles. The topological polar surface area (TPSA) is 67.4 Å². The van der Waals surface area contributed by atoms with E-state index in [9.17, 15) is 9.59 Å². The highest BCUT2D eigenvalue weighted by atomic mass is 79.9. The molecule has 2 aromatic rings. The molecule has 0 fully saturated rings. The number of hydrogen-bond acceptors (Lipinski definition) is 4. The van der Waals surface area contributed by atoms with E-state index < -0.39 is 17.7 Å². The van der Waals surface area contributed by atoms with Crippen LogP contribution in [0.4, 0.5) is 4.79 Å². The lowest BCUT2D eigenvalue weighted by Gasteiger charge is -2.23. The van der Waals surface area contributed by atoms with Crippen LogP contribution in [0.15, 0.2) is 40.2 Å². The van der Waals surface area contributed by atoms with Gasteiger partial charge >= 0.3 is 6.09 Å². The maximum atomic E-state index is 12.8. The van der Waals surface area contributed by atoms with Crippen molar-refractivity contribution in [3.63, 3.8) is 0 Å². The van der Waals surface area contributed by atoms with Gasteiger partial charge in [-0.25, -0.2) is 4.79 Å². The number of amides is 2. The second-order valence-corrected chi connectivity index (χ2v) is 9.93. The van der Waals surface area contributed by atoms with Gasteiger partial charge < -0.3 is 15.4 Å². The Bertz CT molecular complexity index is 797. The first-order valence-corrected chi connectivity index (χ1v) is 10.9. The Balaban J connectivity index is 1.98. The number of carbonyl (C=O) groups is 2. The number of aryl methyl sites for hydroxylation is 1. The van der Waals surface area contributed by atoms with Gasteiger partial charge in [0, 0.05) is 11.4 Å². The van der Waals surface area contributed by atoms with Gasteiger partial charge in [-0.15, -0.1) is 11.3 Å². The molecule has 2 rings (SSSR count). The maximum absolute atomic E-state index is 12.8. The maximum Gasteiger partial charge on any atom is 0.408 e. The number of benzene rings is 1. The molecule has 0 spiro atoms. The van der Waals surface area contributed by atoms with Crippen molar-refractivity contribution in [2.75, 3.05) is 6.54 Å². The average Bonchev–Trinajstić information content (AvgIpc) is 3.04. The van der Waals surface area contributed by atoms with Gasteiger partial charge in [0.15, 0.2) is 0 Å². The summed E-state index contributed by atoms with van der Waals surface area (Å²) in [5.41, 5.74) is 1.82. The van der Waals surface area contributed by atoms with Crippen molar-refractivity contribution in [2.24, 2.45) is 0 Å². The zero-order valence-electron chi connectivity index (χ0n) is 16.7. The molecular formula is C21H27BrN2O3S. The summed E-state index contributed by atoms with van der Waals surface area (Å²) in [4.78, 5) is 25.7. The zero-order valence-corrected chi connectivity index (χ0v) is 19.1. The molecule has 0 saturated carbocycles. The van der Waals surface area contributed by atoms with Crippen LogP contribution in [0.3, 0.4) is 0 Å². The summed E-state index contributed by atoms with van der Waals surface area (Å²) in [5, 5.41) is 5.60. The summed E-state index contributed by atoms with van der Waals surface area (Å²) >= 11 is 4.81. The van der Waals surface area contributed by atoms with Crippen LogP contribution in [0, 0.1) is 0 Å². The van der Waals surface area contributed by atoms with Crippen molar-refractivity contribution in [3.05, 3.63) is 56.2 Å². The van der Waals surface area contributed by atoms with Gasteiger partial charge in [0.25, 0.3) is 0 Å². The van der Waals surface area contributed by atoms with Crippen LogP contribution in [0.25, 0.3) is 0 Å². The summed E-state index contributed by atoms with van der Waals surface area (Å²) in [6, 6.07) is 11.2. The van der Waals surface area contributed by atoms with Crippen molar-refractivity contribution >= 4 is 39.3 Å². The summed E-state index contributed by atoms with van der Waals surface area (Å²) in [6.07, 6.45) is 1.11. The largest absolute Gasteiger partial charge is 0.444 e. The minimum absolute atomic E-state index is 0.259. The predicted molar refractivity (Wildman–Crippen MR) is 117 cm³/mol. The number of rotatable bonds is 7. The third kappa shape index (κ3) is 7.28. The monoisotopic (exact) mass is 466 g/mol.